The Labute approximate surface area is 84.7 Å². The van der Waals surface area contributed by atoms with Gasteiger partial charge in [-0.25, -0.2) is 0 Å². The molecule has 0 bridgehead atoms. The lowest BCUT2D eigenvalue weighted by molar-refractivity contribution is 0.371. The Morgan fingerprint density at radius 1 is 1.50 bits per heavy atom. The van der Waals surface area contributed by atoms with Crippen molar-refractivity contribution in [2.75, 3.05) is 7.05 Å². The maximum atomic E-state index is 3.98. The molecule has 0 amide bonds. The van der Waals surface area contributed by atoms with E-state index in [1.807, 2.05) is 25.0 Å². The predicted octanol–water partition coefficient (Wildman–Crippen LogP) is 1.27. The van der Waals surface area contributed by atoms with Gasteiger partial charge in [-0.1, -0.05) is 18.1 Å². The van der Waals surface area contributed by atoms with E-state index in [9.17, 15) is 0 Å². The van der Waals surface area contributed by atoms with Crippen LogP contribution >= 0.6 is 0 Å². The minimum Gasteiger partial charge on any atom is -0.311 e. The van der Waals surface area contributed by atoms with Crippen molar-refractivity contribution >= 4 is 0 Å². The van der Waals surface area contributed by atoms with Gasteiger partial charge in [-0.05, 0) is 25.8 Å². The summed E-state index contributed by atoms with van der Waals surface area (Å²) >= 11 is 0. The van der Waals surface area contributed by atoms with E-state index in [1.165, 1.54) is 31.4 Å². The van der Waals surface area contributed by atoms with Crippen LogP contribution in [0.4, 0.5) is 0 Å². The van der Waals surface area contributed by atoms with Gasteiger partial charge in [0.25, 0.3) is 0 Å². The molecule has 1 aliphatic rings. The normalized spacial score (nSPS) is 20.1. The van der Waals surface area contributed by atoms with Crippen molar-refractivity contribution in [3.63, 3.8) is 0 Å². The topological polar surface area (TPSA) is 42.7 Å². The van der Waals surface area contributed by atoms with Crippen molar-refractivity contribution in [1.82, 2.24) is 20.3 Å². The Morgan fingerprint density at radius 2 is 2.21 bits per heavy atom. The van der Waals surface area contributed by atoms with Gasteiger partial charge in [0.15, 0.2) is 0 Å². The SMILES string of the molecule is CNC(c1cnnn1C)C1CCCC1. The van der Waals surface area contributed by atoms with E-state index in [4.69, 9.17) is 0 Å². The lowest BCUT2D eigenvalue weighted by Crippen LogP contribution is -2.25. The molecule has 1 atom stereocenters. The van der Waals surface area contributed by atoms with Gasteiger partial charge in [-0.3, -0.25) is 4.68 Å². The number of nitrogens with one attached hydrogen (secondary N) is 1. The minimum absolute atomic E-state index is 0.428. The van der Waals surface area contributed by atoms with Crippen LogP contribution in [0.5, 0.6) is 0 Å². The van der Waals surface area contributed by atoms with E-state index in [0.717, 1.165) is 5.92 Å². The van der Waals surface area contributed by atoms with Crippen LogP contribution in [0.1, 0.15) is 37.4 Å². The standard InChI is InChI=1S/C10H18N4/c1-11-10(8-5-3-4-6-8)9-7-12-13-14(9)2/h7-8,10-11H,3-6H2,1-2H3. The summed E-state index contributed by atoms with van der Waals surface area (Å²) in [6.07, 6.45) is 7.27. The first-order valence-electron chi connectivity index (χ1n) is 5.34. The summed E-state index contributed by atoms with van der Waals surface area (Å²) in [4.78, 5) is 0. The first kappa shape index (κ1) is 9.65. The molecule has 4 nitrogen and oxygen atoms in total. The largest absolute Gasteiger partial charge is 0.311 e. The van der Waals surface area contributed by atoms with Crippen molar-refractivity contribution in [2.24, 2.45) is 13.0 Å². The van der Waals surface area contributed by atoms with E-state index in [2.05, 4.69) is 15.6 Å². The molecule has 1 aromatic rings. The average molecular weight is 194 g/mol. The molecule has 2 rings (SSSR count). The smallest absolute Gasteiger partial charge is 0.0755 e. The first-order chi connectivity index (χ1) is 6.83. The van der Waals surface area contributed by atoms with Gasteiger partial charge in [0.2, 0.25) is 0 Å². The molecule has 1 N–H and O–H groups in total. The Kier molecular flexibility index (Phi) is 2.82. The number of hydrogen-bond donors (Lipinski definition) is 1. The van der Waals surface area contributed by atoms with Gasteiger partial charge in [-0.15, -0.1) is 5.10 Å². The van der Waals surface area contributed by atoms with Gasteiger partial charge in [0, 0.05) is 7.05 Å². The second-order valence-electron chi connectivity index (χ2n) is 4.09. The lowest BCUT2D eigenvalue weighted by Gasteiger charge is -2.22. The van der Waals surface area contributed by atoms with E-state index in [0.29, 0.717) is 6.04 Å². The fourth-order valence-corrected chi connectivity index (χ4v) is 2.50. The third-order valence-electron chi connectivity index (χ3n) is 3.25. The molecule has 0 aliphatic heterocycles. The molecular formula is C10H18N4. The molecule has 1 aliphatic carbocycles. The van der Waals surface area contributed by atoms with Crippen LogP contribution in [-0.4, -0.2) is 22.0 Å². The highest BCUT2D eigenvalue weighted by Gasteiger charge is 2.27. The molecule has 0 radical (unpaired) electrons. The summed E-state index contributed by atoms with van der Waals surface area (Å²) in [7, 11) is 3.98. The van der Waals surface area contributed by atoms with Crippen molar-refractivity contribution < 1.29 is 0 Å². The highest BCUT2D eigenvalue weighted by atomic mass is 15.4. The van der Waals surface area contributed by atoms with Gasteiger partial charge >= 0.3 is 0 Å². The fraction of sp³-hybridized carbons (Fsp3) is 0.800. The molecule has 1 aromatic heterocycles. The number of aromatic nitrogens is 3. The second kappa shape index (κ2) is 4.09. The molecule has 0 spiro atoms. The van der Waals surface area contributed by atoms with Gasteiger partial charge in [0.05, 0.1) is 17.9 Å². The van der Waals surface area contributed by atoms with Crippen LogP contribution in [0, 0.1) is 5.92 Å². The van der Waals surface area contributed by atoms with E-state index < -0.39 is 0 Å². The zero-order valence-corrected chi connectivity index (χ0v) is 8.90. The van der Waals surface area contributed by atoms with Crippen molar-refractivity contribution in [3.05, 3.63) is 11.9 Å². The molecule has 1 saturated carbocycles. The maximum absolute atomic E-state index is 3.98. The van der Waals surface area contributed by atoms with Crippen molar-refractivity contribution in [3.8, 4) is 0 Å². The van der Waals surface area contributed by atoms with Crippen LogP contribution in [0.15, 0.2) is 6.20 Å². The van der Waals surface area contributed by atoms with Crippen molar-refractivity contribution in [1.29, 1.82) is 0 Å². The number of rotatable bonds is 3. The van der Waals surface area contributed by atoms with Crippen LogP contribution in [-0.2, 0) is 7.05 Å². The summed E-state index contributed by atoms with van der Waals surface area (Å²) in [5.74, 6) is 0.761. The number of nitrogens with zero attached hydrogens (tertiary/aromatic N) is 3. The summed E-state index contributed by atoms with van der Waals surface area (Å²) < 4.78 is 1.87. The molecule has 78 valence electrons. The predicted molar refractivity (Wildman–Crippen MR) is 54.8 cm³/mol. The maximum Gasteiger partial charge on any atom is 0.0755 e. The van der Waals surface area contributed by atoms with Gasteiger partial charge in [0.1, 0.15) is 0 Å². The fourth-order valence-electron chi connectivity index (χ4n) is 2.50. The molecule has 1 unspecified atom stereocenters. The molecule has 1 heterocycles. The lowest BCUT2D eigenvalue weighted by atomic mass is 9.96. The quantitative estimate of drug-likeness (QED) is 0.788. The molecular weight excluding hydrogens is 176 g/mol. The highest BCUT2D eigenvalue weighted by Crippen LogP contribution is 2.34. The van der Waals surface area contributed by atoms with Crippen molar-refractivity contribution in [2.45, 2.75) is 31.7 Å². The Morgan fingerprint density at radius 3 is 2.71 bits per heavy atom. The van der Waals surface area contributed by atoms with Gasteiger partial charge < -0.3 is 5.32 Å². The summed E-state index contributed by atoms with van der Waals surface area (Å²) in [5.41, 5.74) is 1.21. The van der Waals surface area contributed by atoms with Crippen LogP contribution in [0.25, 0.3) is 0 Å². The molecule has 14 heavy (non-hydrogen) atoms. The third kappa shape index (κ3) is 1.66. The third-order valence-corrected chi connectivity index (χ3v) is 3.25. The monoisotopic (exact) mass is 194 g/mol. The summed E-state index contributed by atoms with van der Waals surface area (Å²) in [5, 5.41) is 11.3. The first-order valence-corrected chi connectivity index (χ1v) is 5.34. The number of hydrogen-bond acceptors (Lipinski definition) is 3. The second-order valence-corrected chi connectivity index (χ2v) is 4.09. The Balaban J connectivity index is 2.16. The zero-order chi connectivity index (χ0) is 9.97. The molecule has 0 saturated heterocycles. The average Bonchev–Trinajstić information content (AvgIpc) is 2.80. The molecule has 1 fully saturated rings. The number of aryl methyl sites for hydroxylation is 1. The van der Waals surface area contributed by atoms with Crippen LogP contribution in [0.3, 0.4) is 0 Å². The van der Waals surface area contributed by atoms with E-state index in [-0.39, 0.29) is 0 Å². The van der Waals surface area contributed by atoms with E-state index in [1.54, 1.807) is 0 Å². The zero-order valence-electron chi connectivity index (χ0n) is 8.90. The van der Waals surface area contributed by atoms with Crippen LogP contribution in [0.2, 0.25) is 0 Å². The summed E-state index contributed by atoms with van der Waals surface area (Å²) in [6.45, 7) is 0. The minimum atomic E-state index is 0.428. The van der Waals surface area contributed by atoms with Crippen LogP contribution < -0.4 is 5.32 Å². The molecule has 4 heteroatoms. The molecule has 0 aromatic carbocycles. The summed E-state index contributed by atoms with van der Waals surface area (Å²) in [6, 6.07) is 0.428. The van der Waals surface area contributed by atoms with Gasteiger partial charge in [-0.2, -0.15) is 0 Å². The Hall–Kier alpha value is -0.900. The Bertz CT molecular complexity index is 288. The van der Waals surface area contributed by atoms with E-state index >= 15 is 0 Å². The highest BCUT2D eigenvalue weighted by molar-refractivity contribution is 5.04.